The van der Waals surface area contributed by atoms with E-state index >= 15 is 0 Å². The zero-order valence-corrected chi connectivity index (χ0v) is 20.1. The summed E-state index contributed by atoms with van der Waals surface area (Å²) in [5.74, 6) is 2.15. The van der Waals surface area contributed by atoms with Crippen LogP contribution in [0.25, 0.3) is 0 Å². The van der Waals surface area contributed by atoms with E-state index < -0.39 is 0 Å². The van der Waals surface area contributed by atoms with Crippen LogP contribution in [0.4, 0.5) is 0 Å². The number of pyridine rings is 1. The third-order valence-electron chi connectivity index (χ3n) is 11.0. The number of amides is 1. The first-order valence-electron chi connectivity index (χ1n) is 13.6. The largest absolute Gasteiger partial charge is 0.508 e. The number of aromatic amines is 1. The van der Waals surface area contributed by atoms with Gasteiger partial charge in [0.2, 0.25) is 0 Å². The zero-order chi connectivity index (χ0) is 23.5. The Balaban J connectivity index is 1.25. The third kappa shape index (κ3) is 2.54. The molecule has 4 aliphatic carbocycles. The topological polar surface area (TPSA) is 76.6 Å². The second-order valence-corrected chi connectivity index (χ2v) is 12.4. The highest BCUT2D eigenvalue weighted by Gasteiger charge is 2.76. The molecule has 6 nitrogen and oxygen atoms in total. The highest BCUT2D eigenvalue weighted by atomic mass is 16.3. The number of aromatic nitrogens is 1. The minimum absolute atomic E-state index is 0.0272. The number of nitrogens with zero attached hydrogens (tertiary/aromatic N) is 2. The smallest absolute Gasteiger partial charge is 0.270 e. The summed E-state index contributed by atoms with van der Waals surface area (Å²) in [6.07, 6.45) is 9.97. The number of piperidine rings is 1. The highest BCUT2D eigenvalue weighted by Crippen LogP contribution is 2.75. The number of benzene rings is 1. The van der Waals surface area contributed by atoms with E-state index in [0.717, 1.165) is 44.7 Å². The van der Waals surface area contributed by atoms with Crippen molar-refractivity contribution in [2.75, 3.05) is 19.6 Å². The lowest BCUT2D eigenvalue weighted by atomic mass is 9.43. The van der Waals surface area contributed by atoms with E-state index in [9.17, 15) is 14.7 Å². The lowest BCUT2D eigenvalue weighted by Crippen LogP contribution is -2.69. The summed E-state index contributed by atoms with van der Waals surface area (Å²) >= 11 is 0. The van der Waals surface area contributed by atoms with Crippen LogP contribution < -0.4 is 5.43 Å². The number of phenols is 1. The van der Waals surface area contributed by atoms with Crippen LogP contribution in [0.2, 0.25) is 0 Å². The molecule has 4 unspecified atom stereocenters. The van der Waals surface area contributed by atoms with Crippen molar-refractivity contribution >= 4 is 5.91 Å². The van der Waals surface area contributed by atoms with E-state index in [4.69, 9.17) is 0 Å². The molecule has 6 aliphatic rings. The molecule has 4 bridgehead atoms. The summed E-state index contributed by atoms with van der Waals surface area (Å²) in [7, 11) is 0. The number of H-pyrrole nitrogens is 1. The molecule has 2 saturated heterocycles. The lowest BCUT2D eigenvalue weighted by Gasteiger charge is -2.66. The van der Waals surface area contributed by atoms with E-state index in [1.807, 2.05) is 6.07 Å². The van der Waals surface area contributed by atoms with Crippen LogP contribution in [0, 0.1) is 23.2 Å². The predicted octanol–water partition coefficient (Wildman–Crippen LogP) is 3.30. The molecule has 2 aliphatic heterocycles. The standard InChI is InChI=1S/C29H33N3O3/c33-20-4-3-18-11-25-28-7-5-24-26(29(28,22(18)12-20)8-10-31(25)15-17-1-2-17)19(14-28)16-32(24)27(35)23-13-21(34)6-9-30-23/h3-4,6,9,12-13,17,19,24-26,33H,1-2,5,7-8,10-11,14-16H2,(H,30,34)/t19-,24?,25?,26?,28-,29?/m1/s1. The summed E-state index contributed by atoms with van der Waals surface area (Å²) < 4.78 is 0. The fourth-order valence-electron chi connectivity index (χ4n) is 9.90. The number of fused-ring (bicyclic) bond motifs is 1. The lowest BCUT2D eigenvalue weighted by molar-refractivity contribution is -0.102. The number of nitrogens with one attached hydrogen (secondary N) is 1. The first kappa shape index (κ1) is 20.6. The van der Waals surface area contributed by atoms with Crippen LogP contribution in [0.1, 0.15) is 60.1 Å². The van der Waals surface area contributed by atoms with E-state index in [-0.39, 0.29) is 28.2 Å². The van der Waals surface area contributed by atoms with Crippen LogP contribution in [-0.4, -0.2) is 57.5 Å². The summed E-state index contributed by atoms with van der Waals surface area (Å²) in [5.41, 5.74) is 3.38. The van der Waals surface area contributed by atoms with Crippen LogP contribution in [0.3, 0.4) is 0 Å². The van der Waals surface area contributed by atoms with Crippen molar-refractivity contribution in [3.05, 3.63) is 63.6 Å². The third-order valence-corrected chi connectivity index (χ3v) is 11.0. The Morgan fingerprint density at radius 2 is 2.03 bits per heavy atom. The fourth-order valence-corrected chi connectivity index (χ4v) is 9.90. The van der Waals surface area contributed by atoms with Crippen molar-refractivity contribution in [1.29, 1.82) is 0 Å². The molecule has 3 saturated carbocycles. The summed E-state index contributed by atoms with van der Waals surface area (Å²) in [6, 6.07) is 9.83. The molecular formula is C29H33N3O3. The molecule has 1 aromatic heterocycles. The number of phenolic OH excluding ortho intramolecular Hbond substituents is 1. The van der Waals surface area contributed by atoms with Crippen molar-refractivity contribution in [2.45, 2.75) is 62.4 Å². The normalized spacial score (nSPS) is 38.8. The first-order chi connectivity index (χ1) is 17.0. The molecule has 1 amide bonds. The quantitative estimate of drug-likeness (QED) is 0.720. The molecule has 3 heterocycles. The molecule has 6 atom stereocenters. The summed E-state index contributed by atoms with van der Waals surface area (Å²) in [5, 5.41) is 10.6. The van der Waals surface area contributed by atoms with Gasteiger partial charge >= 0.3 is 0 Å². The van der Waals surface area contributed by atoms with Crippen LogP contribution in [0.15, 0.2) is 41.3 Å². The van der Waals surface area contributed by atoms with Gasteiger partial charge in [0.15, 0.2) is 5.43 Å². The van der Waals surface area contributed by atoms with Gasteiger partial charge in [-0.25, -0.2) is 0 Å². The van der Waals surface area contributed by atoms with Crippen molar-refractivity contribution in [1.82, 2.24) is 14.8 Å². The number of likely N-dealkylation sites (tertiary alicyclic amines) is 2. The number of hydrogen-bond donors (Lipinski definition) is 2. The van der Waals surface area contributed by atoms with Crippen LogP contribution in [0.5, 0.6) is 5.75 Å². The summed E-state index contributed by atoms with van der Waals surface area (Å²) in [4.78, 5) is 33.6. The molecule has 6 heteroatoms. The molecule has 182 valence electrons. The van der Waals surface area contributed by atoms with Gasteiger partial charge in [-0.05, 0) is 97.9 Å². The molecule has 35 heavy (non-hydrogen) atoms. The van der Waals surface area contributed by atoms with Crippen molar-refractivity contribution in [3.8, 4) is 5.75 Å². The average molecular weight is 472 g/mol. The van der Waals surface area contributed by atoms with Crippen LogP contribution >= 0.6 is 0 Å². The molecule has 0 spiro atoms. The number of carbonyl (C=O) groups excluding carboxylic acids is 1. The SMILES string of the molecule is O=C(c1cc(=O)cc[nH]1)N1C[C@H]2C[C@@]34CCC1C2C31CCN(CC2CC2)C4Cc2ccc(O)cc21. The Bertz CT molecular complexity index is 1300. The molecule has 0 radical (unpaired) electrons. The monoisotopic (exact) mass is 471 g/mol. The predicted molar refractivity (Wildman–Crippen MR) is 131 cm³/mol. The van der Waals surface area contributed by atoms with E-state index in [1.165, 1.54) is 49.1 Å². The first-order valence-corrected chi connectivity index (χ1v) is 13.6. The number of rotatable bonds is 3. The number of hydrogen-bond acceptors (Lipinski definition) is 4. The molecule has 8 rings (SSSR count). The van der Waals surface area contributed by atoms with E-state index in [0.29, 0.717) is 29.3 Å². The number of carbonyl (C=O) groups is 1. The van der Waals surface area contributed by atoms with Crippen LogP contribution in [-0.2, 0) is 11.8 Å². The van der Waals surface area contributed by atoms with Crippen molar-refractivity contribution in [2.24, 2.45) is 23.2 Å². The van der Waals surface area contributed by atoms with Gasteiger partial charge < -0.3 is 15.0 Å². The van der Waals surface area contributed by atoms with Gasteiger partial charge in [-0.3, -0.25) is 14.5 Å². The Hall–Kier alpha value is -2.60. The maximum Gasteiger partial charge on any atom is 0.270 e. The Morgan fingerprint density at radius 3 is 2.86 bits per heavy atom. The minimum atomic E-state index is -0.129. The van der Waals surface area contributed by atoms with Gasteiger partial charge in [0.05, 0.1) is 0 Å². The fraction of sp³-hybridized carbons (Fsp3) is 0.586. The average Bonchev–Trinajstić information content (AvgIpc) is 3.54. The Kier molecular flexibility index (Phi) is 3.99. The molecule has 1 aromatic carbocycles. The Morgan fingerprint density at radius 1 is 1.14 bits per heavy atom. The van der Waals surface area contributed by atoms with Gasteiger partial charge in [-0.1, -0.05) is 6.07 Å². The van der Waals surface area contributed by atoms with Crippen molar-refractivity contribution in [3.63, 3.8) is 0 Å². The van der Waals surface area contributed by atoms with E-state index in [1.54, 1.807) is 6.20 Å². The van der Waals surface area contributed by atoms with Crippen molar-refractivity contribution < 1.29 is 9.90 Å². The van der Waals surface area contributed by atoms with Gasteiger partial charge in [0.1, 0.15) is 11.4 Å². The second kappa shape index (κ2) is 6.78. The van der Waals surface area contributed by atoms with Gasteiger partial charge in [-0.2, -0.15) is 0 Å². The zero-order valence-electron chi connectivity index (χ0n) is 20.1. The maximum atomic E-state index is 13.6. The molecule has 5 fully saturated rings. The van der Waals surface area contributed by atoms with Gasteiger partial charge in [0.25, 0.3) is 5.91 Å². The Labute approximate surface area is 205 Å². The maximum absolute atomic E-state index is 13.6. The molecule has 2 aromatic rings. The number of aromatic hydroxyl groups is 1. The summed E-state index contributed by atoms with van der Waals surface area (Å²) in [6.45, 7) is 3.17. The second-order valence-electron chi connectivity index (χ2n) is 12.4. The molecule has 2 N–H and O–H groups in total. The van der Waals surface area contributed by atoms with Gasteiger partial charge in [0, 0.05) is 48.9 Å². The van der Waals surface area contributed by atoms with E-state index in [2.05, 4.69) is 26.9 Å². The highest BCUT2D eigenvalue weighted by molar-refractivity contribution is 5.92. The van der Waals surface area contributed by atoms with Gasteiger partial charge in [-0.15, -0.1) is 0 Å². The minimum Gasteiger partial charge on any atom is -0.508 e. The molecular weight excluding hydrogens is 438 g/mol.